The molecule has 0 aliphatic carbocycles. The smallest absolute Gasteiger partial charge is 0.0897 e. The third kappa shape index (κ3) is 8.76. The molecule has 110 valence electrons. The van der Waals surface area contributed by atoms with Crippen LogP contribution in [-0.2, 0) is 11.3 Å². The van der Waals surface area contributed by atoms with Crippen LogP contribution in [0.1, 0.15) is 31.6 Å². The third-order valence-electron chi connectivity index (χ3n) is 2.68. The van der Waals surface area contributed by atoms with Crippen LogP contribution in [0.2, 0.25) is 0 Å². The Kier molecular flexibility index (Phi) is 8.90. The Morgan fingerprint density at radius 1 is 1.47 bits per heavy atom. The van der Waals surface area contributed by atoms with Crippen molar-refractivity contribution >= 4 is 27.3 Å². The molecule has 1 unspecified atom stereocenters. The number of thiophene rings is 1. The number of rotatable bonds is 10. The minimum Gasteiger partial charge on any atom is -0.389 e. The molecule has 19 heavy (non-hydrogen) atoms. The number of ether oxygens (including phenoxy) is 1. The minimum atomic E-state index is -0.428. The van der Waals surface area contributed by atoms with Crippen molar-refractivity contribution in [1.29, 1.82) is 0 Å². The van der Waals surface area contributed by atoms with Gasteiger partial charge in [-0.2, -0.15) is 0 Å². The first kappa shape index (κ1) is 17.1. The molecule has 1 atom stereocenters. The van der Waals surface area contributed by atoms with E-state index in [1.807, 2.05) is 0 Å². The maximum Gasteiger partial charge on any atom is 0.0897 e. The van der Waals surface area contributed by atoms with Gasteiger partial charge in [-0.3, -0.25) is 0 Å². The number of nitrogens with one attached hydrogen (secondary N) is 1. The van der Waals surface area contributed by atoms with Gasteiger partial charge in [0, 0.05) is 34.4 Å². The van der Waals surface area contributed by atoms with Crippen molar-refractivity contribution in [2.45, 2.75) is 39.3 Å². The fourth-order valence-electron chi connectivity index (χ4n) is 1.68. The van der Waals surface area contributed by atoms with E-state index in [9.17, 15) is 5.11 Å². The van der Waals surface area contributed by atoms with Crippen LogP contribution in [0.25, 0.3) is 0 Å². The summed E-state index contributed by atoms with van der Waals surface area (Å²) >= 11 is 5.13. The van der Waals surface area contributed by atoms with E-state index < -0.39 is 6.10 Å². The highest BCUT2D eigenvalue weighted by Gasteiger charge is 2.04. The minimum absolute atomic E-state index is 0.416. The summed E-state index contributed by atoms with van der Waals surface area (Å²) in [7, 11) is 0. The van der Waals surface area contributed by atoms with Crippen LogP contribution in [0, 0.1) is 5.92 Å². The Morgan fingerprint density at radius 3 is 2.89 bits per heavy atom. The van der Waals surface area contributed by atoms with Gasteiger partial charge in [-0.25, -0.2) is 0 Å². The maximum atomic E-state index is 9.75. The van der Waals surface area contributed by atoms with Crippen LogP contribution < -0.4 is 5.32 Å². The van der Waals surface area contributed by atoms with Crippen molar-refractivity contribution in [2.75, 3.05) is 19.8 Å². The molecule has 0 radical (unpaired) electrons. The molecule has 0 saturated carbocycles. The summed E-state index contributed by atoms with van der Waals surface area (Å²) in [6.45, 7) is 6.94. The van der Waals surface area contributed by atoms with Crippen molar-refractivity contribution in [1.82, 2.24) is 5.32 Å². The molecule has 5 heteroatoms. The second kappa shape index (κ2) is 9.88. The van der Waals surface area contributed by atoms with Crippen molar-refractivity contribution in [3.8, 4) is 0 Å². The zero-order chi connectivity index (χ0) is 14.1. The first-order chi connectivity index (χ1) is 9.08. The zero-order valence-corrected chi connectivity index (χ0v) is 14.1. The molecule has 0 saturated heterocycles. The van der Waals surface area contributed by atoms with Gasteiger partial charge in [0.15, 0.2) is 0 Å². The predicted octanol–water partition coefficient (Wildman–Crippen LogP) is 3.41. The molecule has 3 nitrogen and oxygen atoms in total. The van der Waals surface area contributed by atoms with Crippen LogP contribution in [0.4, 0.5) is 0 Å². The van der Waals surface area contributed by atoms with Gasteiger partial charge in [-0.1, -0.05) is 13.8 Å². The average Bonchev–Trinajstić information content (AvgIpc) is 2.74. The van der Waals surface area contributed by atoms with E-state index in [0.717, 1.165) is 30.0 Å². The molecule has 1 aromatic heterocycles. The van der Waals surface area contributed by atoms with E-state index in [0.29, 0.717) is 13.2 Å². The number of aliphatic hydroxyl groups excluding tert-OH is 1. The zero-order valence-electron chi connectivity index (χ0n) is 11.7. The van der Waals surface area contributed by atoms with Crippen molar-refractivity contribution in [2.24, 2.45) is 5.92 Å². The number of hydrogen-bond acceptors (Lipinski definition) is 4. The van der Waals surface area contributed by atoms with Crippen LogP contribution in [0.5, 0.6) is 0 Å². The van der Waals surface area contributed by atoms with Gasteiger partial charge in [0.25, 0.3) is 0 Å². The first-order valence-corrected chi connectivity index (χ1v) is 8.44. The lowest BCUT2D eigenvalue weighted by molar-refractivity contribution is 0.0347. The highest BCUT2D eigenvalue weighted by atomic mass is 79.9. The van der Waals surface area contributed by atoms with E-state index >= 15 is 0 Å². The molecule has 1 heterocycles. The van der Waals surface area contributed by atoms with E-state index in [-0.39, 0.29) is 0 Å². The maximum absolute atomic E-state index is 9.75. The number of aliphatic hydroxyl groups is 1. The van der Waals surface area contributed by atoms with Crippen LogP contribution in [0.15, 0.2) is 15.9 Å². The first-order valence-electron chi connectivity index (χ1n) is 6.77. The topological polar surface area (TPSA) is 41.5 Å². The third-order valence-corrected chi connectivity index (χ3v) is 4.38. The van der Waals surface area contributed by atoms with E-state index in [2.05, 4.69) is 46.5 Å². The lowest BCUT2D eigenvalue weighted by Gasteiger charge is -2.12. The lowest BCUT2D eigenvalue weighted by atomic mass is 10.1. The predicted molar refractivity (Wildman–Crippen MR) is 84.6 cm³/mol. The molecule has 0 spiro atoms. The Bertz CT molecular complexity index is 344. The molecule has 2 N–H and O–H groups in total. The fourth-order valence-corrected chi connectivity index (χ4v) is 3.10. The van der Waals surface area contributed by atoms with Gasteiger partial charge in [0.05, 0.1) is 12.7 Å². The molecule has 0 aliphatic heterocycles. The second-order valence-corrected chi connectivity index (χ2v) is 7.04. The Morgan fingerprint density at radius 2 is 2.26 bits per heavy atom. The van der Waals surface area contributed by atoms with Gasteiger partial charge < -0.3 is 15.2 Å². The molecule has 0 amide bonds. The van der Waals surface area contributed by atoms with Gasteiger partial charge >= 0.3 is 0 Å². The molecular formula is C14H24BrNO2S. The van der Waals surface area contributed by atoms with Crippen molar-refractivity contribution in [3.63, 3.8) is 0 Å². The van der Waals surface area contributed by atoms with E-state index in [4.69, 9.17) is 4.74 Å². The highest BCUT2D eigenvalue weighted by Crippen LogP contribution is 2.19. The molecule has 0 fully saturated rings. The summed E-state index contributed by atoms with van der Waals surface area (Å²) in [5.74, 6) is 0.723. The normalized spacial score (nSPS) is 13.1. The van der Waals surface area contributed by atoms with E-state index in [1.165, 1.54) is 11.3 Å². The quantitative estimate of drug-likeness (QED) is 0.636. The summed E-state index contributed by atoms with van der Waals surface area (Å²) in [5, 5.41) is 15.0. The van der Waals surface area contributed by atoms with E-state index in [1.54, 1.807) is 11.3 Å². The fraction of sp³-hybridized carbons (Fsp3) is 0.714. The largest absolute Gasteiger partial charge is 0.389 e. The van der Waals surface area contributed by atoms with Crippen molar-refractivity contribution < 1.29 is 9.84 Å². The van der Waals surface area contributed by atoms with Gasteiger partial charge in [-0.05, 0) is 40.8 Å². The van der Waals surface area contributed by atoms with Crippen LogP contribution in [0.3, 0.4) is 0 Å². The van der Waals surface area contributed by atoms with Gasteiger partial charge in [-0.15, -0.1) is 11.3 Å². The van der Waals surface area contributed by atoms with Crippen LogP contribution >= 0.6 is 27.3 Å². The number of hydrogen-bond donors (Lipinski definition) is 2. The Balaban J connectivity index is 1.97. The lowest BCUT2D eigenvalue weighted by Crippen LogP contribution is -2.30. The Labute approximate surface area is 128 Å². The summed E-state index contributed by atoms with van der Waals surface area (Å²) in [6, 6.07) is 2.09. The summed E-state index contributed by atoms with van der Waals surface area (Å²) in [5.41, 5.74) is 0. The van der Waals surface area contributed by atoms with Gasteiger partial charge in [0.2, 0.25) is 0 Å². The highest BCUT2D eigenvalue weighted by molar-refractivity contribution is 9.10. The molecule has 0 aromatic carbocycles. The van der Waals surface area contributed by atoms with Crippen molar-refractivity contribution in [3.05, 3.63) is 20.8 Å². The number of halogens is 1. The molecule has 1 aromatic rings. The summed E-state index contributed by atoms with van der Waals surface area (Å²) < 4.78 is 6.57. The van der Waals surface area contributed by atoms with Gasteiger partial charge in [0.1, 0.15) is 0 Å². The summed E-state index contributed by atoms with van der Waals surface area (Å²) in [6.07, 6.45) is 1.82. The summed E-state index contributed by atoms with van der Waals surface area (Å²) in [4.78, 5) is 1.26. The van der Waals surface area contributed by atoms with Crippen LogP contribution in [-0.4, -0.2) is 31.0 Å². The molecule has 0 aliphatic rings. The monoisotopic (exact) mass is 349 g/mol. The SMILES string of the molecule is CC(C)CCCOCC(O)CNCc1cc(Br)cs1. The standard InChI is InChI=1S/C14H24BrNO2S/c1-11(2)4-3-5-18-9-13(17)7-16-8-14-6-12(15)10-19-14/h6,10-11,13,16-17H,3-5,7-9H2,1-2H3. The molecule has 1 rings (SSSR count). The molecular weight excluding hydrogens is 326 g/mol. The second-order valence-electron chi connectivity index (χ2n) is 5.13. The Hall–Kier alpha value is 0.0600. The molecule has 0 bridgehead atoms. The average molecular weight is 350 g/mol.